The molecule has 0 spiro atoms. The van der Waals surface area contributed by atoms with E-state index < -0.39 is 0 Å². The summed E-state index contributed by atoms with van der Waals surface area (Å²) in [6.45, 7) is 4.86. The number of rotatable bonds is 5. The number of hydrogen-bond acceptors (Lipinski definition) is 2. The lowest BCUT2D eigenvalue weighted by molar-refractivity contribution is 0.963. The number of aliphatic imine (C=N–C) groups is 1. The van der Waals surface area contributed by atoms with E-state index in [0.717, 1.165) is 12.1 Å². The second-order valence-electron chi connectivity index (χ2n) is 6.00. The molecule has 0 saturated carbocycles. The molecule has 0 radical (unpaired) electrons. The maximum atomic E-state index is 5.95. The average molecular weight is 310 g/mol. The summed E-state index contributed by atoms with van der Waals surface area (Å²) in [4.78, 5) is 6.49. The van der Waals surface area contributed by atoms with E-state index >= 15 is 0 Å². The molecule has 0 aliphatic rings. The van der Waals surface area contributed by atoms with Gasteiger partial charge in [0.05, 0.1) is 0 Å². The lowest BCUT2D eigenvalue weighted by Gasteiger charge is -2.12. The normalized spacial score (nSPS) is 11.4. The van der Waals surface area contributed by atoms with E-state index in [2.05, 4.69) is 65.5 Å². The van der Waals surface area contributed by atoms with Crippen LogP contribution in [0.1, 0.15) is 16.7 Å². The molecule has 0 unspecified atom stereocenters. The maximum absolute atomic E-state index is 5.95. The van der Waals surface area contributed by atoms with Gasteiger partial charge in [0.1, 0.15) is 0 Å². The molecule has 3 N–H and O–H groups in total. The first-order valence-electron chi connectivity index (χ1n) is 7.86. The highest BCUT2D eigenvalue weighted by atomic mass is 15.1. The first-order valence-corrected chi connectivity index (χ1v) is 7.86. The third kappa shape index (κ3) is 5.02. The lowest BCUT2D eigenvalue weighted by atomic mass is 10.1. The summed E-state index contributed by atoms with van der Waals surface area (Å²) in [6, 6.07) is 14.7. The standard InChI is InChI=1S/C19H26N4/c1-14-5-8-17(13-15(14)2)22-19(20)21-12-11-16-6-9-18(10-7-16)23(3)4/h5-10,13H,11-12H2,1-4H3,(H3,20,21,22). The molecule has 4 nitrogen and oxygen atoms in total. The topological polar surface area (TPSA) is 53.6 Å². The number of guanidine groups is 1. The molecule has 0 fully saturated rings. The number of nitrogens with zero attached hydrogens (tertiary/aromatic N) is 2. The molecule has 0 aromatic heterocycles. The summed E-state index contributed by atoms with van der Waals surface area (Å²) in [7, 11) is 4.08. The van der Waals surface area contributed by atoms with Crippen LogP contribution < -0.4 is 16.0 Å². The SMILES string of the molecule is Cc1ccc(NC(N)=NCCc2ccc(N(C)C)cc2)cc1C. The van der Waals surface area contributed by atoms with Crippen LogP contribution in [0.15, 0.2) is 47.5 Å². The van der Waals surface area contributed by atoms with Gasteiger partial charge in [-0.25, -0.2) is 0 Å². The Kier molecular flexibility index (Phi) is 5.63. The van der Waals surface area contributed by atoms with Crippen molar-refractivity contribution in [2.45, 2.75) is 20.3 Å². The Balaban J connectivity index is 1.88. The van der Waals surface area contributed by atoms with E-state index in [4.69, 9.17) is 5.73 Å². The van der Waals surface area contributed by atoms with Gasteiger partial charge >= 0.3 is 0 Å². The number of nitrogens with one attached hydrogen (secondary N) is 1. The first kappa shape index (κ1) is 16.9. The molecule has 0 aliphatic heterocycles. The number of hydrogen-bond donors (Lipinski definition) is 2. The van der Waals surface area contributed by atoms with Gasteiger partial charge in [0.2, 0.25) is 0 Å². The van der Waals surface area contributed by atoms with Crippen LogP contribution in [-0.2, 0) is 6.42 Å². The van der Waals surface area contributed by atoms with Crippen LogP contribution in [0.25, 0.3) is 0 Å². The minimum absolute atomic E-state index is 0.457. The van der Waals surface area contributed by atoms with Crippen LogP contribution in [0, 0.1) is 13.8 Å². The first-order chi connectivity index (χ1) is 11.0. The zero-order chi connectivity index (χ0) is 16.8. The number of anilines is 2. The zero-order valence-corrected chi connectivity index (χ0v) is 14.4. The van der Waals surface area contributed by atoms with Crippen molar-refractivity contribution in [2.75, 3.05) is 30.9 Å². The molecule has 0 heterocycles. The Morgan fingerprint density at radius 2 is 1.74 bits per heavy atom. The Morgan fingerprint density at radius 1 is 1.04 bits per heavy atom. The Labute approximate surface area is 139 Å². The van der Waals surface area contributed by atoms with Gasteiger partial charge in [0, 0.05) is 32.0 Å². The van der Waals surface area contributed by atoms with Crippen molar-refractivity contribution in [3.63, 3.8) is 0 Å². The van der Waals surface area contributed by atoms with E-state index in [1.807, 2.05) is 20.2 Å². The largest absolute Gasteiger partial charge is 0.378 e. The van der Waals surface area contributed by atoms with E-state index in [9.17, 15) is 0 Å². The highest BCUT2D eigenvalue weighted by Gasteiger charge is 1.99. The summed E-state index contributed by atoms with van der Waals surface area (Å²) in [5, 5.41) is 3.14. The Hall–Kier alpha value is -2.49. The fourth-order valence-corrected chi connectivity index (χ4v) is 2.27. The van der Waals surface area contributed by atoms with Crippen molar-refractivity contribution in [1.29, 1.82) is 0 Å². The molecule has 122 valence electrons. The van der Waals surface area contributed by atoms with Crippen molar-refractivity contribution in [1.82, 2.24) is 0 Å². The highest BCUT2D eigenvalue weighted by Crippen LogP contribution is 2.14. The fraction of sp³-hybridized carbons (Fsp3) is 0.316. The van der Waals surface area contributed by atoms with E-state index in [0.29, 0.717) is 12.5 Å². The third-order valence-corrected chi connectivity index (χ3v) is 3.91. The molecular weight excluding hydrogens is 284 g/mol. The van der Waals surface area contributed by atoms with Crippen LogP contribution in [0.2, 0.25) is 0 Å². The van der Waals surface area contributed by atoms with E-state index in [-0.39, 0.29) is 0 Å². The van der Waals surface area contributed by atoms with Crippen molar-refractivity contribution < 1.29 is 0 Å². The summed E-state index contributed by atoms with van der Waals surface area (Å²) in [5.41, 5.74) is 11.9. The molecule has 0 aliphatic carbocycles. The Bertz CT molecular complexity index is 672. The van der Waals surface area contributed by atoms with Gasteiger partial charge in [-0.2, -0.15) is 0 Å². The second kappa shape index (κ2) is 7.68. The van der Waals surface area contributed by atoms with Crippen LogP contribution in [0.5, 0.6) is 0 Å². The van der Waals surface area contributed by atoms with Gasteiger partial charge in [0.15, 0.2) is 5.96 Å². The summed E-state index contributed by atoms with van der Waals surface area (Å²) < 4.78 is 0. The van der Waals surface area contributed by atoms with E-state index in [1.165, 1.54) is 22.4 Å². The van der Waals surface area contributed by atoms with Gasteiger partial charge in [-0.05, 0) is 61.2 Å². The smallest absolute Gasteiger partial charge is 0.193 e. The molecule has 2 aromatic rings. The van der Waals surface area contributed by atoms with Gasteiger partial charge in [-0.3, -0.25) is 4.99 Å². The molecule has 0 bridgehead atoms. The molecule has 0 amide bonds. The minimum Gasteiger partial charge on any atom is -0.378 e. The van der Waals surface area contributed by atoms with Crippen LogP contribution in [0.3, 0.4) is 0 Å². The summed E-state index contributed by atoms with van der Waals surface area (Å²) >= 11 is 0. The fourth-order valence-electron chi connectivity index (χ4n) is 2.27. The van der Waals surface area contributed by atoms with Crippen LogP contribution in [0.4, 0.5) is 11.4 Å². The van der Waals surface area contributed by atoms with Crippen molar-refractivity contribution in [3.05, 3.63) is 59.2 Å². The minimum atomic E-state index is 0.457. The molecule has 2 aromatic carbocycles. The quantitative estimate of drug-likeness (QED) is 0.658. The maximum Gasteiger partial charge on any atom is 0.193 e. The average Bonchev–Trinajstić information content (AvgIpc) is 2.51. The third-order valence-electron chi connectivity index (χ3n) is 3.91. The number of benzene rings is 2. The van der Waals surface area contributed by atoms with Crippen molar-refractivity contribution in [3.8, 4) is 0 Å². The van der Waals surface area contributed by atoms with Crippen LogP contribution in [-0.4, -0.2) is 26.6 Å². The second-order valence-corrected chi connectivity index (χ2v) is 6.00. The lowest BCUT2D eigenvalue weighted by Crippen LogP contribution is -2.23. The predicted octanol–water partition coefficient (Wildman–Crippen LogP) is 3.34. The molecule has 0 atom stereocenters. The van der Waals surface area contributed by atoms with E-state index in [1.54, 1.807) is 0 Å². The predicted molar refractivity (Wildman–Crippen MR) is 101 cm³/mol. The Morgan fingerprint density at radius 3 is 2.35 bits per heavy atom. The zero-order valence-electron chi connectivity index (χ0n) is 14.4. The van der Waals surface area contributed by atoms with Crippen molar-refractivity contribution >= 4 is 17.3 Å². The van der Waals surface area contributed by atoms with Gasteiger partial charge in [-0.15, -0.1) is 0 Å². The van der Waals surface area contributed by atoms with Gasteiger partial charge in [0.25, 0.3) is 0 Å². The highest BCUT2D eigenvalue weighted by molar-refractivity contribution is 5.92. The number of aryl methyl sites for hydroxylation is 2. The molecule has 4 heteroatoms. The molecular formula is C19H26N4. The van der Waals surface area contributed by atoms with Crippen molar-refractivity contribution in [2.24, 2.45) is 10.7 Å². The van der Waals surface area contributed by atoms with Gasteiger partial charge in [-0.1, -0.05) is 18.2 Å². The van der Waals surface area contributed by atoms with Gasteiger partial charge < -0.3 is 16.0 Å². The monoisotopic (exact) mass is 310 g/mol. The molecule has 23 heavy (non-hydrogen) atoms. The molecule has 0 saturated heterocycles. The summed E-state index contributed by atoms with van der Waals surface area (Å²) in [6.07, 6.45) is 0.878. The summed E-state index contributed by atoms with van der Waals surface area (Å²) in [5.74, 6) is 0.457. The van der Waals surface area contributed by atoms with Crippen LogP contribution >= 0.6 is 0 Å². The number of nitrogens with two attached hydrogens (primary N) is 1. The molecule has 2 rings (SSSR count).